The van der Waals surface area contributed by atoms with Crippen molar-refractivity contribution in [1.29, 1.82) is 0 Å². The Kier molecular flexibility index (Phi) is 6.26. The summed E-state index contributed by atoms with van der Waals surface area (Å²) in [5.74, 6) is -0.966. The number of ether oxygens (including phenoxy) is 1. The first-order valence-corrected chi connectivity index (χ1v) is 10.3. The van der Waals surface area contributed by atoms with E-state index in [9.17, 15) is 22.4 Å². The van der Waals surface area contributed by atoms with Crippen LogP contribution in [0, 0.1) is 5.82 Å². The van der Waals surface area contributed by atoms with Crippen LogP contribution < -0.4 is 4.74 Å². The third-order valence-corrected chi connectivity index (χ3v) is 5.55. The summed E-state index contributed by atoms with van der Waals surface area (Å²) in [7, 11) is 0. The van der Waals surface area contributed by atoms with Crippen molar-refractivity contribution >= 4 is 5.91 Å². The summed E-state index contributed by atoms with van der Waals surface area (Å²) in [6.45, 7) is 2.13. The quantitative estimate of drug-likeness (QED) is 0.525. The number of halogens is 4. The third kappa shape index (κ3) is 4.79. The highest BCUT2D eigenvalue weighted by atomic mass is 19.4. The number of carbonyl (C=O) groups excluding carboxylic acids is 1. The first-order valence-electron chi connectivity index (χ1n) is 10.3. The molecule has 0 bridgehead atoms. The first kappa shape index (κ1) is 22.6. The number of piperidine rings is 1. The summed E-state index contributed by atoms with van der Waals surface area (Å²) in [5, 5.41) is 0. The third-order valence-electron chi connectivity index (χ3n) is 5.55. The van der Waals surface area contributed by atoms with Crippen LogP contribution in [-0.2, 0) is 6.18 Å². The molecule has 2 aromatic heterocycles. The predicted molar refractivity (Wildman–Crippen MR) is 111 cm³/mol. The van der Waals surface area contributed by atoms with Crippen molar-refractivity contribution in [3.05, 3.63) is 71.9 Å². The largest absolute Gasteiger partial charge is 0.472 e. The van der Waals surface area contributed by atoms with Crippen LogP contribution in [0.4, 0.5) is 17.6 Å². The second kappa shape index (κ2) is 9.13. The smallest absolute Gasteiger partial charge is 0.417 e. The van der Waals surface area contributed by atoms with E-state index in [2.05, 4.69) is 15.0 Å². The average molecular weight is 460 g/mol. The summed E-state index contributed by atoms with van der Waals surface area (Å²) in [6, 6.07) is 7.46. The van der Waals surface area contributed by atoms with Gasteiger partial charge in [-0.15, -0.1) is 0 Å². The van der Waals surface area contributed by atoms with E-state index in [0.717, 1.165) is 12.1 Å². The van der Waals surface area contributed by atoms with Gasteiger partial charge in [0.1, 0.15) is 11.9 Å². The molecule has 2 unspecified atom stereocenters. The lowest BCUT2D eigenvalue weighted by atomic mass is 9.97. The van der Waals surface area contributed by atoms with Crippen LogP contribution >= 0.6 is 0 Å². The number of aromatic nitrogens is 3. The molecule has 10 heteroatoms. The molecule has 1 aliphatic rings. The normalized spacial score (nSPS) is 18.8. The van der Waals surface area contributed by atoms with Gasteiger partial charge in [0.15, 0.2) is 5.82 Å². The fourth-order valence-electron chi connectivity index (χ4n) is 3.83. The van der Waals surface area contributed by atoms with E-state index >= 15 is 0 Å². The van der Waals surface area contributed by atoms with Gasteiger partial charge in [-0.05, 0) is 38.0 Å². The second-order valence-corrected chi connectivity index (χ2v) is 7.66. The first-order chi connectivity index (χ1) is 15.8. The Bertz CT molecular complexity index is 1120. The molecular formula is C23H20F4N4O2. The van der Waals surface area contributed by atoms with Gasteiger partial charge in [0.05, 0.1) is 17.2 Å². The van der Waals surface area contributed by atoms with Crippen molar-refractivity contribution in [3.63, 3.8) is 0 Å². The fraction of sp³-hybridized carbons (Fsp3) is 0.304. The molecule has 4 rings (SSSR count). The van der Waals surface area contributed by atoms with Gasteiger partial charge in [-0.1, -0.05) is 12.1 Å². The van der Waals surface area contributed by atoms with Gasteiger partial charge < -0.3 is 9.64 Å². The molecule has 1 amide bonds. The highest BCUT2D eigenvalue weighted by molar-refractivity contribution is 6.00. The van der Waals surface area contributed by atoms with E-state index < -0.39 is 35.6 Å². The van der Waals surface area contributed by atoms with E-state index in [1.807, 2.05) is 0 Å². The van der Waals surface area contributed by atoms with Gasteiger partial charge in [0.2, 0.25) is 5.88 Å². The van der Waals surface area contributed by atoms with Crippen LogP contribution in [0.1, 0.15) is 35.7 Å². The van der Waals surface area contributed by atoms with Crippen molar-refractivity contribution in [1.82, 2.24) is 19.9 Å². The zero-order valence-corrected chi connectivity index (χ0v) is 17.6. The standard InChI is InChI=1S/C23H20F4N4O2/c1-14-18(33-19-9-8-15(13-30-19)23(25,26)27)7-3-12-31(14)22(32)20-16(5-2-6-17(20)24)21-28-10-4-11-29-21/h2,4-6,8-11,13-14,18H,3,7,12H2,1H3. The zero-order valence-electron chi connectivity index (χ0n) is 17.6. The molecule has 6 nitrogen and oxygen atoms in total. The van der Waals surface area contributed by atoms with Gasteiger partial charge in [-0.25, -0.2) is 19.3 Å². The van der Waals surface area contributed by atoms with Crippen LogP contribution in [0.2, 0.25) is 0 Å². The molecule has 0 radical (unpaired) electrons. The number of benzene rings is 1. The molecule has 172 valence electrons. The number of amides is 1. The number of hydrogen-bond donors (Lipinski definition) is 0. The predicted octanol–water partition coefficient (Wildman–Crippen LogP) is 4.77. The van der Waals surface area contributed by atoms with E-state index in [-0.39, 0.29) is 22.8 Å². The number of alkyl halides is 3. The van der Waals surface area contributed by atoms with Crippen LogP contribution in [0.25, 0.3) is 11.4 Å². The number of carbonyl (C=O) groups is 1. The molecule has 2 atom stereocenters. The summed E-state index contributed by atoms with van der Waals surface area (Å²) in [6.07, 6.45) is -0.149. The fourth-order valence-corrected chi connectivity index (χ4v) is 3.83. The van der Waals surface area contributed by atoms with E-state index in [4.69, 9.17) is 4.74 Å². The SMILES string of the molecule is CC1C(Oc2ccc(C(F)(F)F)cn2)CCCN1C(=O)c1c(F)cccc1-c1ncccn1. The molecular weight excluding hydrogens is 440 g/mol. The minimum Gasteiger partial charge on any atom is -0.472 e. The summed E-state index contributed by atoms with van der Waals surface area (Å²) in [5.41, 5.74) is -0.734. The molecule has 0 N–H and O–H groups in total. The number of nitrogens with zero attached hydrogens (tertiary/aromatic N) is 4. The topological polar surface area (TPSA) is 68.2 Å². The van der Waals surface area contributed by atoms with Crippen molar-refractivity contribution in [2.75, 3.05) is 6.54 Å². The Morgan fingerprint density at radius 1 is 1.09 bits per heavy atom. The Labute approximate surface area is 187 Å². The minimum atomic E-state index is -4.49. The molecule has 1 saturated heterocycles. The molecule has 0 aliphatic carbocycles. The van der Waals surface area contributed by atoms with Crippen LogP contribution in [0.15, 0.2) is 55.0 Å². The lowest BCUT2D eigenvalue weighted by Gasteiger charge is -2.39. The molecule has 3 heterocycles. The lowest BCUT2D eigenvalue weighted by molar-refractivity contribution is -0.137. The van der Waals surface area contributed by atoms with Crippen LogP contribution in [-0.4, -0.2) is 44.4 Å². The highest BCUT2D eigenvalue weighted by Gasteiger charge is 2.36. The lowest BCUT2D eigenvalue weighted by Crippen LogP contribution is -2.51. The molecule has 0 saturated carbocycles. The van der Waals surface area contributed by atoms with E-state index in [1.165, 1.54) is 29.4 Å². The van der Waals surface area contributed by atoms with Crippen molar-refractivity contribution < 1.29 is 27.1 Å². The van der Waals surface area contributed by atoms with E-state index in [1.54, 1.807) is 19.1 Å². The van der Waals surface area contributed by atoms with Gasteiger partial charge in [-0.2, -0.15) is 13.2 Å². The maximum absolute atomic E-state index is 14.8. The average Bonchev–Trinajstić information content (AvgIpc) is 2.80. The monoisotopic (exact) mass is 460 g/mol. The summed E-state index contributed by atoms with van der Waals surface area (Å²) in [4.78, 5) is 26.9. The van der Waals surface area contributed by atoms with E-state index in [0.29, 0.717) is 25.6 Å². The van der Waals surface area contributed by atoms with Crippen LogP contribution in [0.5, 0.6) is 5.88 Å². The molecule has 3 aromatic rings. The van der Waals surface area contributed by atoms with Crippen molar-refractivity contribution in [3.8, 4) is 17.3 Å². The van der Waals surface area contributed by atoms with Crippen molar-refractivity contribution in [2.45, 2.75) is 38.1 Å². The zero-order chi connectivity index (χ0) is 23.6. The van der Waals surface area contributed by atoms with Crippen molar-refractivity contribution in [2.24, 2.45) is 0 Å². The maximum Gasteiger partial charge on any atom is 0.417 e. The Morgan fingerprint density at radius 3 is 2.52 bits per heavy atom. The van der Waals surface area contributed by atoms with Gasteiger partial charge in [0.25, 0.3) is 5.91 Å². The Balaban J connectivity index is 1.56. The second-order valence-electron chi connectivity index (χ2n) is 7.66. The number of rotatable bonds is 4. The van der Waals surface area contributed by atoms with Gasteiger partial charge in [0, 0.05) is 36.8 Å². The molecule has 0 spiro atoms. The number of likely N-dealkylation sites (tertiary alicyclic amines) is 1. The molecule has 1 fully saturated rings. The minimum absolute atomic E-state index is 0.0263. The number of hydrogen-bond acceptors (Lipinski definition) is 5. The van der Waals surface area contributed by atoms with Gasteiger partial charge >= 0.3 is 6.18 Å². The maximum atomic E-state index is 14.8. The highest BCUT2D eigenvalue weighted by Crippen LogP contribution is 2.31. The Morgan fingerprint density at radius 2 is 1.85 bits per heavy atom. The Hall–Kier alpha value is -3.56. The summed E-state index contributed by atoms with van der Waals surface area (Å²) >= 11 is 0. The molecule has 1 aromatic carbocycles. The van der Waals surface area contributed by atoms with Crippen LogP contribution in [0.3, 0.4) is 0 Å². The summed E-state index contributed by atoms with van der Waals surface area (Å²) < 4.78 is 58.9. The molecule has 33 heavy (non-hydrogen) atoms. The number of pyridine rings is 1. The van der Waals surface area contributed by atoms with Gasteiger partial charge in [-0.3, -0.25) is 4.79 Å². The molecule has 1 aliphatic heterocycles.